The molecule has 7 nitrogen and oxygen atoms in total. The van der Waals surface area contributed by atoms with E-state index >= 15 is 0 Å². The minimum Gasteiger partial charge on any atom is -0.460 e. The molecule has 2 fully saturated rings. The lowest BCUT2D eigenvalue weighted by Gasteiger charge is -2.51. The number of piperazine rings is 1. The fourth-order valence-electron chi connectivity index (χ4n) is 4.27. The highest BCUT2D eigenvalue weighted by atomic mass is 16.6. The van der Waals surface area contributed by atoms with Gasteiger partial charge in [-0.25, -0.2) is 0 Å². The second-order valence-corrected chi connectivity index (χ2v) is 9.38. The van der Waals surface area contributed by atoms with Crippen molar-refractivity contribution in [2.45, 2.75) is 63.6 Å². The minimum atomic E-state index is -0.890. The van der Waals surface area contributed by atoms with Gasteiger partial charge in [0.1, 0.15) is 17.2 Å². The van der Waals surface area contributed by atoms with Crippen molar-refractivity contribution in [3.05, 3.63) is 35.9 Å². The van der Waals surface area contributed by atoms with Gasteiger partial charge >= 0.3 is 5.97 Å². The zero-order valence-corrected chi connectivity index (χ0v) is 18.4. The van der Waals surface area contributed by atoms with Gasteiger partial charge in [-0.05, 0) is 46.2 Å². The predicted octanol–water partition coefficient (Wildman–Crippen LogP) is 1.75. The Balaban J connectivity index is 1.80. The molecule has 1 spiro atoms. The fourth-order valence-corrected chi connectivity index (χ4v) is 4.27. The molecule has 2 aliphatic rings. The monoisotopic (exact) mass is 415 g/mol. The van der Waals surface area contributed by atoms with Crippen molar-refractivity contribution >= 4 is 17.8 Å². The molecule has 1 aromatic rings. The van der Waals surface area contributed by atoms with Crippen LogP contribution in [0.5, 0.6) is 0 Å². The Morgan fingerprint density at radius 2 is 1.80 bits per heavy atom. The van der Waals surface area contributed by atoms with Gasteiger partial charge in [-0.2, -0.15) is 0 Å². The maximum absolute atomic E-state index is 13.5. The van der Waals surface area contributed by atoms with Crippen molar-refractivity contribution in [3.8, 4) is 0 Å². The molecule has 164 valence electrons. The number of benzene rings is 1. The number of carbonyl (C=O) groups is 3. The lowest BCUT2D eigenvalue weighted by Crippen LogP contribution is -2.73. The highest BCUT2D eigenvalue weighted by molar-refractivity contribution is 6.00. The summed E-state index contributed by atoms with van der Waals surface area (Å²) in [7, 11) is 2.01. The van der Waals surface area contributed by atoms with Crippen LogP contribution in [0.1, 0.15) is 45.6 Å². The van der Waals surface area contributed by atoms with E-state index in [2.05, 4.69) is 10.2 Å². The second kappa shape index (κ2) is 8.76. The lowest BCUT2D eigenvalue weighted by molar-refractivity contribution is -0.164. The molecular weight excluding hydrogens is 382 g/mol. The van der Waals surface area contributed by atoms with E-state index in [1.165, 1.54) is 0 Å². The molecule has 2 heterocycles. The second-order valence-electron chi connectivity index (χ2n) is 9.38. The maximum Gasteiger partial charge on any atom is 0.308 e. The Morgan fingerprint density at radius 1 is 1.17 bits per heavy atom. The fraction of sp³-hybridized carbons (Fsp3) is 0.609. The van der Waals surface area contributed by atoms with Gasteiger partial charge in [0.05, 0.1) is 6.42 Å². The Kier molecular flexibility index (Phi) is 6.50. The smallest absolute Gasteiger partial charge is 0.308 e. The number of hydrogen-bond acceptors (Lipinski definition) is 5. The van der Waals surface area contributed by atoms with Gasteiger partial charge in [-0.15, -0.1) is 0 Å². The number of piperidine rings is 1. The summed E-state index contributed by atoms with van der Waals surface area (Å²) in [6.07, 6.45) is 1.64. The van der Waals surface area contributed by atoms with E-state index in [4.69, 9.17) is 4.74 Å². The third-order valence-corrected chi connectivity index (χ3v) is 5.87. The molecular formula is C23H33N3O4. The van der Waals surface area contributed by atoms with Crippen LogP contribution in [0.3, 0.4) is 0 Å². The van der Waals surface area contributed by atoms with Crippen LogP contribution in [-0.2, 0) is 25.5 Å². The topological polar surface area (TPSA) is 79.0 Å². The van der Waals surface area contributed by atoms with Crippen LogP contribution >= 0.6 is 0 Å². The minimum absolute atomic E-state index is 0.0753. The first-order valence-electron chi connectivity index (χ1n) is 10.7. The van der Waals surface area contributed by atoms with Gasteiger partial charge < -0.3 is 19.9 Å². The molecule has 7 heteroatoms. The van der Waals surface area contributed by atoms with Crippen LogP contribution < -0.4 is 5.32 Å². The molecule has 0 aromatic heterocycles. The van der Waals surface area contributed by atoms with E-state index in [-0.39, 0.29) is 30.7 Å². The summed E-state index contributed by atoms with van der Waals surface area (Å²) in [5.41, 5.74) is -0.483. The molecule has 0 bridgehead atoms. The molecule has 2 aliphatic heterocycles. The van der Waals surface area contributed by atoms with Gasteiger partial charge in [0.2, 0.25) is 11.8 Å². The summed E-state index contributed by atoms with van der Waals surface area (Å²) in [5.74, 6) is -0.587. The van der Waals surface area contributed by atoms with E-state index in [0.29, 0.717) is 19.3 Å². The van der Waals surface area contributed by atoms with Crippen molar-refractivity contribution in [2.75, 3.05) is 26.7 Å². The number of esters is 1. The number of carbonyl (C=O) groups excluding carboxylic acids is 3. The number of ether oxygens (including phenoxy) is 1. The summed E-state index contributed by atoms with van der Waals surface area (Å²) in [5, 5.41) is 2.98. The summed E-state index contributed by atoms with van der Waals surface area (Å²) in [6.45, 7) is 7.10. The standard InChI is InChI=1S/C23H33N3O4/c1-22(2,3)30-19(27)10-13-26-20(28)18(16-17-8-6-5-7-9-17)24-21(29)23(26)11-14-25(4)15-12-23/h5-9,18H,10-16H2,1-4H3,(H,24,29). The Bertz CT molecular complexity index is 779. The van der Waals surface area contributed by atoms with E-state index < -0.39 is 17.2 Å². The Labute approximate surface area is 178 Å². The highest BCUT2D eigenvalue weighted by Crippen LogP contribution is 2.33. The first-order chi connectivity index (χ1) is 14.1. The van der Waals surface area contributed by atoms with E-state index in [9.17, 15) is 14.4 Å². The van der Waals surface area contributed by atoms with E-state index in [1.807, 2.05) is 58.2 Å². The summed E-state index contributed by atoms with van der Waals surface area (Å²) >= 11 is 0. The number of likely N-dealkylation sites (tertiary alicyclic amines) is 1. The maximum atomic E-state index is 13.5. The summed E-state index contributed by atoms with van der Waals surface area (Å²) in [6, 6.07) is 9.04. The molecule has 1 unspecified atom stereocenters. The summed E-state index contributed by atoms with van der Waals surface area (Å²) in [4.78, 5) is 42.9. The van der Waals surface area contributed by atoms with Crippen molar-refractivity contribution in [3.63, 3.8) is 0 Å². The van der Waals surface area contributed by atoms with E-state index in [1.54, 1.807) is 4.90 Å². The van der Waals surface area contributed by atoms with Gasteiger partial charge in [0.15, 0.2) is 0 Å². The first kappa shape index (κ1) is 22.3. The molecule has 30 heavy (non-hydrogen) atoms. The van der Waals surface area contributed by atoms with Crippen LogP contribution in [0, 0.1) is 0 Å². The Hall–Kier alpha value is -2.41. The van der Waals surface area contributed by atoms with Gasteiger partial charge in [0.25, 0.3) is 0 Å². The molecule has 2 amide bonds. The van der Waals surface area contributed by atoms with Crippen LogP contribution in [0.2, 0.25) is 0 Å². The molecule has 3 rings (SSSR count). The number of nitrogens with one attached hydrogen (secondary N) is 1. The van der Waals surface area contributed by atoms with Gasteiger partial charge in [-0.1, -0.05) is 30.3 Å². The SMILES string of the molecule is CN1CCC2(CC1)C(=O)NC(Cc1ccccc1)C(=O)N2CCC(=O)OC(C)(C)C. The highest BCUT2D eigenvalue weighted by Gasteiger charge is 2.53. The number of nitrogens with zero attached hydrogens (tertiary/aromatic N) is 2. The lowest BCUT2D eigenvalue weighted by atomic mass is 9.81. The molecule has 0 saturated carbocycles. The van der Waals surface area contributed by atoms with Crippen molar-refractivity contribution in [1.29, 1.82) is 0 Å². The molecule has 0 radical (unpaired) electrons. The summed E-state index contributed by atoms with van der Waals surface area (Å²) < 4.78 is 5.42. The number of hydrogen-bond donors (Lipinski definition) is 1. The zero-order valence-electron chi connectivity index (χ0n) is 18.4. The van der Waals surface area contributed by atoms with Crippen molar-refractivity contribution in [1.82, 2.24) is 15.1 Å². The largest absolute Gasteiger partial charge is 0.460 e. The van der Waals surface area contributed by atoms with Crippen LogP contribution in [0.4, 0.5) is 0 Å². The quantitative estimate of drug-likeness (QED) is 0.742. The van der Waals surface area contributed by atoms with Crippen LogP contribution in [0.15, 0.2) is 30.3 Å². The van der Waals surface area contributed by atoms with Crippen molar-refractivity contribution < 1.29 is 19.1 Å². The third kappa shape index (κ3) is 5.01. The van der Waals surface area contributed by atoms with E-state index in [0.717, 1.165) is 18.7 Å². The van der Waals surface area contributed by atoms with Crippen LogP contribution in [-0.4, -0.2) is 71.4 Å². The normalized spacial score (nSPS) is 22.1. The molecule has 1 N–H and O–H groups in total. The third-order valence-electron chi connectivity index (χ3n) is 5.87. The average Bonchev–Trinajstić information content (AvgIpc) is 2.67. The molecule has 1 atom stereocenters. The zero-order chi connectivity index (χ0) is 21.9. The van der Waals surface area contributed by atoms with Crippen molar-refractivity contribution in [2.24, 2.45) is 0 Å². The first-order valence-corrected chi connectivity index (χ1v) is 10.7. The van der Waals surface area contributed by atoms with Gasteiger partial charge in [0, 0.05) is 26.1 Å². The van der Waals surface area contributed by atoms with Gasteiger partial charge in [-0.3, -0.25) is 14.4 Å². The van der Waals surface area contributed by atoms with Crippen LogP contribution in [0.25, 0.3) is 0 Å². The molecule has 0 aliphatic carbocycles. The Morgan fingerprint density at radius 3 is 2.40 bits per heavy atom. The number of rotatable bonds is 5. The molecule has 1 aromatic carbocycles. The predicted molar refractivity (Wildman–Crippen MR) is 114 cm³/mol. The molecule has 2 saturated heterocycles. The average molecular weight is 416 g/mol. The number of amides is 2.